The van der Waals surface area contributed by atoms with Gasteiger partial charge in [0.15, 0.2) is 0 Å². The molecule has 1 N–H and O–H groups in total. The molecule has 1 heteroatoms. The van der Waals surface area contributed by atoms with E-state index < -0.39 is 0 Å². The Balaban J connectivity index is 1.82. The largest absolute Gasteiger partial charge is 0.354 e. The van der Waals surface area contributed by atoms with Gasteiger partial charge in [-0.3, -0.25) is 0 Å². The van der Waals surface area contributed by atoms with Crippen molar-refractivity contribution in [2.75, 3.05) is 0 Å². The van der Waals surface area contributed by atoms with E-state index in [4.69, 9.17) is 0 Å². The first-order valence-corrected chi connectivity index (χ1v) is 9.53. The molecule has 1 heterocycles. The van der Waals surface area contributed by atoms with Gasteiger partial charge in [0, 0.05) is 27.2 Å². The standard InChI is InChI=1S/C25H21N/c1-25(2)19-13-14-21-23(17-9-5-6-10-20(17)26-21)22(19)18-12-11-15-7-3-4-8-16(15)24(18)25/h4-6,8-14,26H,3,7H2,1-2H3. The molecule has 2 aliphatic carbocycles. The highest BCUT2D eigenvalue weighted by molar-refractivity contribution is 6.16. The first-order valence-electron chi connectivity index (χ1n) is 9.53. The van der Waals surface area contributed by atoms with Gasteiger partial charge in [0.2, 0.25) is 0 Å². The van der Waals surface area contributed by atoms with E-state index in [9.17, 15) is 0 Å². The smallest absolute Gasteiger partial charge is 0.0471 e. The fraction of sp³-hybridized carbons (Fsp3) is 0.200. The molecule has 0 bridgehead atoms. The predicted octanol–water partition coefficient (Wildman–Crippen LogP) is 6.59. The van der Waals surface area contributed by atoms with E-state index in [1.54, 1.807) is 0 Å². The number of rotatable bonds is 0. The molecule has 6 rings (SSSR count). The SMILES string of the molecule is CC1(C)c2ccc3[nH]c4ccccc4c3c2-c2ccc3c(c21)C=CCC3. The molecule has 0 fully saturated rings. The van der Waals surface area contributed by atoms with Gasteiger partial charge in [0.05, 0.1) is 0 Å². The number of allylic oxidation sites excluding steroid dienone is 1. The zero-order valence-electron chi connectivity index (χ0n) is 15.2. The summed E-state index contributed by atoms with van der Waals surface area (Å²) in [5.41, 5.74) is 11.3. The monoisotopic (exact) mass is 335 g/mol. The van der Waals surface area contributed by atoms with Crippen LogP contribution in [-0.2, 0) is 11.8 Å². The summed E-state index contributed by atoms with van der Waals surface area (Å²) in [4.78, 5) is 3.61. The van der Waals surface area contributed by atoms with E-state index in [0.29, 0.717) is 0 Å². The van der Waals surface area contributed by atoms with Crippen LogP contribution in [0.5, 0.6) is 0 Å². The maximum absolute atomic E-state index is 3.61. The highest BCUT2D eigenvalue weighted by Gasteiger charge is 2.39. The van der Waals surface area contributed by atoms with Crippen LogP contribution in [0.4, 0.5) is 0 Å². The van der Waals surface area contributed by atoms with E-state index in [2.05, 4.69) is 79.5 Å². The van der Waals surface area contributed by atoms with Crippen molar-refractivity contribution in [2.45, 2.75) is 32.1 Å². The number of aromatic nitrogens is 1. The van der Waals surface area contributed by atoms with Gasteiger partial charge in [-0.05, 0) is 58.4 Å². The number of benzene rings is 3. The topological polar surface area (TPSA) is 15.8 Å². The second-order valence-electron chi connectivity index (χ2n) is 8.21. The Morgan fingerprint density at radius 3 is 2.73 bits per heavy atom. The van der Waals surface area contributed by atoms with Crippen molar-refractivity contribution in [3.63, 3.8) is 0 Å². The summed E-state index contributed by atoms with van der Waals surface area (Å²) in [7, 11) is 0. The van der Waals surface area contributed by atoms with Crippen molar-refractivity contribution < 1.29 is 0 Å². The summed E-state index contributed by atoms with van der Waals surface area (Å²) in [6, 6.07) is 18.0. The maximum atomic E-state index is 3.61. The van der Waals surface area contributed by atoms with Crippen molar-refractivity contribution in [3.05, 3.63) is 76.9 Å². The Morgan fingerprint density at radius 1 is 0.923 bits per heavy atom. The zero-order chi connectivity index (χ0) is 17.5. The number of hydrogen-bond donors (Lipinski definition) is 1. The highest BCUT2D eigenvalue weighted by atomic mass is 14.7. The summed E-state index contributed by atoms with van der Waals surface area (Å²) >= 11 is 0. The molecule has 3 aromatic carbocycles. The predicted molar refractivity (Wildman–Crippen MR) is 111 cm³/mol. The lowest BCUT2D eigenvalue weighted by molar-refractivity contribution is 0.657. The summed E-state index contributed by atoms with van der Waals surface area (Å²) in [5, 5.41) is 2.71. The molecule has 0 amide bonds. The number of H-pyrrole nitrogens is 1. The van der Waals surface area contributed by atoms with Gasteiger partial charge in [0.1, 0.15) is 0 Å². The zero-order valence-corrected chi connectivity index (χ0v) is 15.2. The Bertz CT molecular complexity index is 1250. The molecule has 0 saturated heterocycles. The number of fused-ring (bicyclic) bond motifs is 9. The van der Waals surface area contributed by atoms with Crippen molar-refractivity contribution in [3.8, 4) is 11.1 Å². The Hall–Kier alpha value is -2.80. The van der Waals surface area contributed by atoms with E-state index >= 15 is 0 Å². The molecule has 1 nitrogen and oxygen atoms in total. The third kappa shape index (κ3) is 1.61. The first-order chi connectivity index (χ1) is 12.7. The molecule has 0 aliphatic heterocycles. The van der Waals surface area contributed by atoms with Gasteiger partial charge in [0.25, 0.3) is 0 Å². The van der Waals surface area contributed by atoms with Crippen molar-refractivity contribution >= 4 is 27.9 Å². The molecule has 26 heavy (non-hydrogen) atoms. The van der Waals surface area contributed by atoms with Crippen LogP contribution < -0.4 is 0 Å². The summed E-state index contributed by atoms with van der Waals surface area (Å²) in [6.45, 7) is 4.78. The molecule has 2 aliphatic rings. The second-order valence-corrected chi connectivity index (χ2v) is 8.21. The average Bonchev–Trinajstić information content (AvgIpc) is 3.15. The molecule has 4 aromatic rings. The van der Waals surface area contributed by atoms with Crippen LogP contribution in [0.15, 0.2) is 54.6 Å². The number of aromatic amines is 1. The minimum Gasteiger partial charge on any atom is -0.354 e. The van der Waals surface area contributed by atoms with Crippen LogP contribution in [0.25, 0.3) is 39.0 Å². The number of para-hydroxylation sites is 1. The quantitative estimate of drug-likeness (QED) is 0.373. The van der Waals surface area contributed by atoms with Crippen LogP contribution in [-0.4, -0.2) is 4.98 Å². The number of hydrogen-bond acceptors (Lipinski definition) is 0. The first kappa shape index (κ1) is 14.4. The van der Waals surface area contributed by atoms with Crippen LogP contribution in [0.3, 0.4) is 0 Å². The minimum atomic E-state index is 0.0320. The second kappa shape index (κ2) is 4.67. The molecule has 0 atom stereocenters. The van der Waals surface area contributed by atoms with Gasteiger partial charge in [-0.2, -0.15) is 0 Å². The molecule has 0 unspecified atom stereocenters. The van der Waals surface area contributed by atoms with E-state index in [0.717, 1.165) is 12.8 Å². The van der Waals surface area contributed by atoms with Gasteiger partial charge >= 0.3 is 0 Å². The molecular formula is C25H21N. The van der Waals surface area contributed by atoms with Crippen molar-refractivity contribution in [1.82, 2.24) is 4.98 Å². The third-order valence-corrected chi connectivity index (χ3v) is 6.44. The molecule has 0 spiro atoms. The molecule has 0 saturated carbocycles. The molecule has 1 aromatic heterocycles. The maximum Gasteiger partial charge on any atom is 0.0471 e. The van der Waals surface area contributed by atoms with E-state index in [1.807, 2.05) is 0 Å². The lowest BCUT2D eigenvalue weighted by Gasteiger charge is -2.26. The van der Waals surface area contributed by atoms with Crippen molar-refractivity contribution in [2.24, 2.45) is 0 Å². The number of nitrogens with one attached hydrogen (secondary N) is 1. The summed E-state index contributed by atoms with van der Waals surface area (Å²) < 4.78 is 0. The number of aryl methyl sites for hydroxylation is 1. The van der Waals surface area contributed by atoms with Crippen LogP contribution >= 0.6 is 0 Å². The molecular weight excluding hydrogens is 314 g/mol. The van der Waals surface area contributed by atoms with E-state index in [-0.39, 0.29) is 5.41 Å². The van der Waals surface area contributed by atoms with Crippen LogP contribution in [0, 0.1) is 0 Å². The Labute approximate surface area is 153 Å². The van der Waals surface area contributed by atoms with Crippen molar-refractivity contribution in [1.29, 1.82) is 0 Å². The van der Waals surface area contributed by atoms with E-state index in [1.165, 1.54) is 55.2 Å². The van der Waals surface area contributed by atoms with Gasteiger partial charge in [-0.25, -0.2) is 0 Å². The summed E-state index contributed by atoms with van der Waals surface area (Å²) in [5.74, 6) is 0. The highest BCUT2D eigenvalue weighted by Crippen LogP contribution is 2.54. The fourth-order valence-corrected chi connectivity index (χ4v) is 5.27. The Morgan fingerprint density at radius 2 is 1.81 bits per heavy atom. The Kier molecular flexibility index (Phi) is 2.59. The van der Waals surface area contributed by atoms with Gasteiger partial charge < -0.3 is 4.98 Å². The fourth-order valence-electron chi connectivity index (χ4n) is 5.27. The molecule has 0 radical (unpaired) electrons. The normalized spacial score (nSPS) is 16.7. The third-order valence-electron chi connectivity index (χ3n) is 6.44. The van der Waals surface area contributed by atoms with Gasteiger partial charge in [-0.15, -0.1) is 0 Å². The molecule has 126 valence electrons. The lowest BCUT2D eigenvalue weighted by atomic mass is 9.77. The van der Waals surface area contributed by atoms with Gasteiger partial charge in [-0.1, -0.05) is 62.4 Å². The van der Waals surface area contributed by atoms with Crippen LogP contribution in [0.1, 0.15) is 42.5 Å². The minimum absolute atomic E-state index is 0.0320. The summed E-state index contributed by atoms with van der Waals surface area (Å²) in [6.07, 6.45) is 7.01. The average molecular weight is 335 g/mol. The van der Waals surface area contributed by atoms with Crippen LogP contribution in [0.2, 0.25) is 0 Å². The lowest BCUT2D eigenvalue weighted by Crippen LogP contribution is -2.17.